The number of hydrogen-bond acceptors (Lipinski definition) is 1. The van der Waals surface area contributed by atoms with Crippen LogP contribution in [0.3, 0.4) is 0 Å². The molecule has 1 unspecified atom stereocenters. The molecule has 0 aliphatic heterocycles. The van der Waals surface area contributed by atoms with E-state index in [1.807, 2.05) is 32.0 Å². The first-order chi connectivity index (χ1) is 8.50. The fourth-order valence-electron chi connectivity index (χ4n) is 2.19. The van der Waals surface area contributed by atoms with Gasteiger partial charge in [-0.15, -0.1) is 0 Å². The van der Waals surface area contributed by atoms with E-state index in [0.717, 1.165) is 22.3 Å². The molecule has 0 saturated carbocycles. The van der Waals surface area contributed by atoms with E-state index in [1.165, 1.54) is 6.07 Å². The Labute approximate surface area is 115 Å². The largest absolute Gasteiger partial charge is 0.320 e. The average Bonchev–Trinajstić information content (AvgIpc) is 2.32. The average molecular weight is 308 g/mol. The van der Waals surface area contributed by atoms with Gasteiger partial charge in [0.25, 0.3) is 0 Å². The fourth-order valence-corrected chi connectivity index (χ4v) is 2.59. The van der Waals surface area contributed by atoms with Crippen molar-refractivity contribution in [2.45, 2.75) is 19.9 Å². The third-order valence-corrected chi connectivity index (χ3v) is 3.76. The molecule has 0 spiro atoms. The Bertz CT molecular complexity index is 560. The van der Waals surface area contributed by atoms with Crippen molar-refractivity contribution in [1.29, 1.82) is 0 Å². The molecule has 0 aromatic heterocycles. The maximum atomic E-state index is 13.2. The van der Waals surface area contributed by atoms with Crippen molar-refractivity contribution in [1.82, 2.24) is 0 Å². The van der Waals surface area contributed by atoms with Crippen LogP contribution < -0.4 is 5.73 Å². The van der Waals surface area contributed by atoms with Crippen LogP contribution in [0.2, 0.25) is 0 Å². The Morgan fingerprint density at radius 2 is 1.72 bits per heavy atom. The highest BCUT2D eigenvalue weighted by Gasteiger charge is 2.14. The van der Waals surface area contributed by atoms with E-state index in [0.29, 0.717) is 4.47 Å². The first kappa shape index (κ1) is 13.2. The predicted molar refractivity (Wildman–Crippen MR) is 76.0 cm³/mol. The second-order valence-corrected chi connectivity index (χ2v) is 5.31. The number of nitrogens with two attached hydrogens (primary N) is 1. The summed E-state index contributed by atoms with van der Waals surface area (Å²) in [6, 6.07) is 10.8. The molecular formula is C15H15BrFN. The van der Waals surface area contributed by atoms with Crippen LogP contribution >= 0.6 is 15.9 Å². The first-order valence-corrected chi connectivity index (χ1v) is 6.56. The lowest BCUT2D eigenvalue weighted by Crippen LogP contribution is -2.15. The monoisotopic (exact) mass is 307 g/mol. The summed E-state index contributed by atoms with van der Waals surface area (Å²) in [5, 5.41) is 0. The van der Waals surface area contributed by atoms with Gasteiger partial charge < -0.3 is 5.73 Å². The van der Waals surface area contributed by atoms with Gasteiger partial charge >= 0.3 is 0 Å². The van der Waals surface area contributed by atoms with Crippen LogP contribution in [0.5, 0.6) is 0 Å². The minimum atomic E-state index is -0.271. The van der Waals surface area contributed by atoms with Crippen molar-refractivity contribution >= 4 is 15.9 Å². The molecule has 2 aromatic rings. The topological polar surface area (TPSA) is 26.0 Å². The summed E-state index contributed by atoms with van der Waals surface area (Å²) in [7, 11) is 0. The Kier molecular flexibility index (Phi) is 3.83. The summed E-state index contributed by atoms with van der Waals surface area (Å²) in [4.78, 5) is 0. The molecule has 2 N–H and O–H groups in total. The van der Waals surface area contributed by atoms with E-state index >= 15 is 0 Å². The zero-order chi connectivity index (χ0) is 13.3. The molecule has 94 valence electrons. The van der Waals surface area contributed by atoms with Gasteiger partial charge in [0.1, 0.15) is 5.82 Å². The highest BCUT2D eigenvalue weighted by Crippen LogP contribution is 2.28. The number of benzene rings is 2. The molecule has 1 nitrogen and oxygen atoms in total. The van der Waals surface area contributed by atoms with Crippen molar-refractivity contribution in [2.75, 3.05) is 0 Å². The van der Waals surface area contributed by atoms with Crippen LogP contribution in [0.1, 0.15) is 28.3 Å². The standard InChI is InChI=1S/C15H15BrFN/c1-9-4-3-5-10(2)14(9)15(18)11-6-7-13(17)12(16)8-11/h3-8,15H,18H2,1-2H3. The quantitative estimate of drug-likeness (QED) is 0.881. The van der Waals surface area contributed by atoms with Gasteiger partial charge in [-0.25, -0.2) is 4.39 Å². The highest BCUT2D eigenvalue weighted by atomic mass is 79.9. The van der Waals surface area contributed by atoms with Gasteiger partial charge in [-0.2, -0.15) is 0 Å². The molecule has 1 atom stereocenters. The lowest BCUT2D eigenvalue weighted by Gasteiger charge is -2.18. The Balaban J connectivity index is 2.48. The van der Waals surface area contributed by atoms with Crippen LogP contribution in [0.25, 0.3) is 0 Å². The van der Waals surface area contributed by atoms with Crippen LogP contribution in [-0.2, 0) is 0 Å². The fraction of sp³-hybridized carbons (Fsp3) is 0.200. The summed E-state index contributed by atoms with van der Waals surface area (Å²) < 4.78 is 13.7. The molecule has 3 heteroatoms. The smallest absolute Gasteiger partial charge is 0.137 e. The summed E-state index contributed by atoms with van der Waals surface area (Å²) in [5.74, 6) is -0.271. The molecule has 0 saturated heterocycles. The zero-order valence-electron chi connectivity index (χ0n) is 10.4. The SMILES string of the molecule is Cc1cccc(C)c1C(N)c1ccc(F)c(Br)c1. The summed E-state index contributed by atoms with van der Waals surface area (Å²) >= 11 is 3.19. The molecule has 0 radical (unpaired) electrons. The molecule has 0 bridgehead atoms. The van der Waals surface area contributed by atoms with Gasteiger partial charge in [0.05, 0.1) is 10.5 Å². The number of aryl methyl sites for hydroxylation is 2. The van der Waals surface area contributed by atoms with Crippen LogP contribution in [-0.4, -0.2) is 0 Å². The van der Waals surface area contributed by atoms with Crippen molar-refractivity contribution in [3.63, 3.8) is 0 Å². The summed E-state index contributed by atoms with van der Waals surface area (Å²) in [6.45, 7) is 4.08. The zero-order valence-corrected chi connectivity index (χ0v) is 12.0. The van der Waals surface area contributed by atoms with Crippen LogP contribution in [0, 0.1) is 19.7 Å². The third-order valence-electron chi connectivity index (χ3n) is 3.16. The summed E-state index contributed by atoms with van der Waals surface area (Å²) in [5.41, 5.74) is 10.6. The predicted octanol–water partition coefficient (Wildman–Crippen LogP) is 4.25. The Morgan fingerprint density at radius 1 is 1.11 bits per heavy atom. The first-order valence-electron chi connectivity index (χ1n) is 5.77. The highest BCUT2D eigenvalue weighted by molar-refractivity contribution is 9.10. The van der Waals surface area contributed by atoms with Crippen LogP contribution in [0.4, 0.5) is 4.39 Å². The van der Waals surface area contributed by atoms with Gasteiger partial charge in [-0.1, -0.05) is 24.3 Å². The maximum Gasteiger partial charge on any atom is 0.137 e. The van der Waals surface area contributed by atoms with Gasteiger partial charge in [0.15, 0.2) is 0 Å². The van der Waals surface area contributed by atoms with E-state index < -0.39 is 0 Å². The van der Waals surface area contributed by atoms with Crippen LogP contribution in [0.15, 0.2) is 40.9 Å². The molecule has 0 heterocycles. The molecule has 0 fully saturated rings. The molecule has 0 aliphatic carbocycles. The maximum absolute atomic E-state index is 13.2. The van der Waals surface area contributed by atoms with Gasteiger partial charge in [0.2, 0.25) is 0 Å². The van der Waals surface area contributed by atoms with E-state index in [9.17, 15) is 4.39 Å². The van der Waals surface area contributed by atoms with Crippen molar-refractivity contribution in [2.24, 2.45) is 5.73 Å². The molecule has 2 aromatic carbocycles. The summed E-state index contributed by atoms with van der Waals surface area (Å²) in [6.07, 6.45) is 0. The lowest BCUT2D eigenvalue weighted by molar-refractivity contribution is 0.619. The minimum absolute atomic E-state index is 0.233. The number of halogens is 2. The van der Waals surface area contributed by atoms with Gasteiger partial charge in [0, 0.05) is 0 Å². The molecule has 0 amide bonds. The minimum Gasteiger partial charge on any atom is -0.320 e. The Hall–Kier alpha value is -1.19. The normalized spacial score (nSPS) is 12.5. The molecule has 2 rings (SSSR count). The van der Waals surface area contributed by atoms with E-state index in [-0.39, 0.29) is 11.9 Å². The van der Waals surface area contributed by atoms with E-state index in [1.54, 1.807) is 12.1 Å². The number of hydrogen-bond donors (Lipinski definition) is 1. The lowest BCUT2D eigenvalue weighted by atomic mass is 9.92. The second-order valence-electron chi connectivity index (χ2n) is 4.46. The molecular weight excluding hydrogens is 293 g/mol. The van der Waals surface area contributed by atoms with Gasteiger partial charge in [-0.3, -0.25) is 0 Å². The second kappa shape index (κ2) is 5.21. The van der Waals surface area contributed by atoms with Crippen molar-refractivity contribution in [3.05, 3.63) is 68.9 Å². The molecule has 18 heavy (non-hydrogen) atoms. The molecule has 0 aliphatic rings. The third kappa shape index (κ3) is 2.47. The van der Waals surface area contributed by atoms with Crippen molar-refractivity contribution < 1.29 is 4.39 Å². The van der Waals surface area contributed by atoms with Crippen molar-refractivity contribution in [3.8, 4) is 0 Å². The van der Waals surface area contributed by atoms with E-state index in [4.69, 9.17) is 5.73 Å². The van der Waals surface area contributed by atoms with Gasteiger partial charge in [-0.05, 0) is 64.2 Å². The van der Waals surface area contributed by atoms with E-state index in [2.05, 4.69) is 15.9 Å². The Morgan fingerprint density at radius 3 is 2.28 bits per heavy atom. The number of rotatable bonds is 2.